The first kappa shape index (κ1) is 15.4. The van der Waals surface area contributed by atoms with Crippen molar-refractivity contribution >= 4 is 18.3 Å². The normalized spacial score (nSPS) is 11.7. The topological polar surface area (TPSA) is 3.24 Å². The third-order valence-corrected chi connectivity index (χ3v) is 4.84. The standard InChI is InChI=1S/C16H27NS/c1-6-16(7-2,12-18)11-17(5)15-9-8-13(3)10-14(15)4/h8-10,18H,6-7,11-12H2,1-5H3. The Hall–Kier alpha value is -0.630. The average Bonchev–Trinajstić information content (AvgIpc) is 2.36. The molecule has 18 heavy (non-hydrogen) atoms. The Morgan fingerprint density at radius 2 is 1.78 bits per heavy atom. The maximum Gasteiger partial charge on any atom is 0.0393 e. The monoisotopic (exact) mass is 265 g/mol. The third-order valence-electron chi connectivity index (χ3n) is 4.17. The fourth-order valence-electron chi connectivity index (χ4n) is 2.57. The quantitative estimate of drug-likeness (QED) is 0.742. The van der Waals surface area contributed by atoms with Gasteiger partial charge in [0.2, 0.25) is 0 Å². The molecule has 0 saturated carbocycles. The average molecular weight is 265 g/mol. The van der Waals surface area contributed by atoms with Gasteiger partial charge in [-0.05, 0) is 49.5 Å². The zero-order valence-electron chi connectivity index (χ0n) is 12.5. The van der Waals surface area contributed by atoms with Crippen LogP contribution in [-0.2, 0) is 0 Å². The Bertz CT molecular complexity index is 374. The number of benzene rings is 1. The summed E-state index contributed by atoms with van der Waals surface area (Å²) in [5.74, 6) is 0.954. The van der Waals surface area contributed by atoms with Crippen LogP contribution in [0.3, 0.4) is 0 Å². The van der Waals surface area contributed by atoms with Gasteiger partial charge in [-0.15, -0.1) is 0 Å². The molecule has 0 unspecified atom stereocenters. The van der Waals surface area contributed by atoms with Crippen LogP contribution in [-0.4, -0.2) is 19.3 Å². The number of nitrogens with zero attached hydrogens (tertiary/aromatic N) is 1. The lowest BCUT2D eigenvalue weighted by Crippen LogP contribution is -2.36. The van der Waals surface area contributed by atoms with E-state index in [0.717, 1.165) is 12.3 Å². The summed E-state index contributed by atoms with van der Waals surface area (Å²) >= 11 is 4.56. The van der Waals surface area contributed by atoms with Crippen LogP contribution in [0, 0.1) is 19.3 Å². The van der Waals surface area contributed by atoms with Crippen LogP contribution in [0.5, 0.6) is 0 Å². The van der Waals surface area contributed by atoms with Gasteiger partial charge in [0.25, 0.3) is 0 Å². The smallest absolute Gasteiger partial charge is 0.0393 e. The molecule has 1 rings (SSSR count). The second kappa shape index (κ2) is 6.51. The number of thiol groups is 1. The molecule has 0 aliphatic heterocycles. The summed E-state index contributed by atoms with van der Waals surface area (Å²) in [6.45, 7) is 9.96. The lowest BCUT2D eigenvalue weighted by Gasteiger charge is -2.36. The van der Waals surface area contributed by atoms with Gasteiger partial charge in [-0.1, -0.05) is 31.5 Å². The molecule has 102 valence electrons. The van der Waals surface area contributed by atoms with Crippen molar-refractivity contribution in [1.29, 1.82) is 0 Å². The summed E-state index contributed by atoms with van der Waals surface area (Å²) < 4.78 is 0. The molecule has 1 nitrogen and oxygen atoms in total. The SMILES string of the molecule is CCC(CC)(CS)CN(C)c1ccc(C)cc1C. The molecule has 0 radical (unpaired) electrons. The Labute approximate surface area is 118 Å². The fraction of sp³-hybridized carbons (Fsp3) is 0.625. The summed E-state index contributed by atoms with van der Waals surface area (Å²) in [6, 6.07) is 6.68. The molecule has 0 N–H and O–H groups in total. The molecule has 0 saturated heterocycles. The van der Waals surface area contributed by atoms with Crippen molar-refractivity contribution in [2.45, 2.75) is 40.5 Å². The molecule has 0 fully saturated rings. The lowest BCUT2D eigenvalue weighted by molar-refractivity contribution is 0.314. The van der Waals surface area contributed by atoms with Crippen molar-refractivity contribution in [1.82, 2.24) is 0 Å². The van der Waals surface area contributed by atoms with Crippen LogP contribution in [0.1, 0.15) is 37.8 Å². The number of anilines is 1. The maximum absolute atomic E-state index is 4.56. The molecule has 0 aliphatic rings. The van der Waals surface area contributed by atoms with Crippen LogP contribution in [0.15, 0.2) is 18.2 Å². The summed E-state index contributed by atoms with van der Waals surface area (Å²) in [6.07, 6.45) is 2.37. The van der Waals surface area contributed by atoms with Crippen molar-refractivity contribution in [2.75, 3.05) is 24.2 Å². The first-order valence-electron chi connectivity index (χ1n) is 6.87. The fourth-order valence-corrected chi connectivity index (χ4v) is 3.12. The highest BCUT2D eigenvalue weighted by Crippen LogP contribution is 2.31. The van der Waals surface area contributed by atoms with Crippen LogP contribution in [0.4, 0.5) is 5.69 Å². The van der Waals surface area contributed by atoms with Crippen molar-refractivity contribution in [3.63, 3.8) is 0 Å². The largest absolute Gasteiger partial charge is 0.374 e. The minimum atomic E-state index is 0.329. The second-order valence-corrected chi connectivity index (χ2v) is 5.83. The van der Waals surface area contributed by atoms with E-state index in [2.05, 4.69) is 70.5 Å². The molecule has 0 heterocycles. The van der Waals surface area contributed by atoms with E-state index in [1.165, 1.54) is 29.7 Å². The third kappa shape index (κ3) is 3.44. The predicted molar refractivity (Wildman–Crippen MR) is 86.1 cm³/mol. The zero-order valence-corrected chi connectivity index (χ0v) is 13.3. The molecule has 0 atom stereocenters. The molecule has 0 aromatic heterocycles. The highest BCUT2D eigenvalue weighted by atomic mass is 32.1. The molecule has 0 bridgehead atoms. The van der Waals surface area contributed by atoms with E-state index in [4.69, 9.17) is 0 Å². The number of hydrogen-bond acceptors (Lipinski definition) is 2. The van der Waals surface area contributed by atoms with E-state index in [-0.39, 0.29) is 0 Å². The predicted octanol–water partition coefficient (Wildman–Crippen LogP) is 4.48. The Morgan fingerprint density at radius 3 is 2.22 bits per heavy atom. The molecule has 1 aromatic rings. The van der Waals surface area contributed by atoms with E-state index in [9.17, 15) is 0 Å². The summed E-state index contributed by atoms with van der Waals surface area (Å²) in [5.41, 5.74) is 4.36. The molecule has 0 amide bonds. The second-order valence-electron chi connectivity index (χ2n) is 5.51. The first-order valence-corrected chi connectivity index (χ1v) is 7.50. The van der Waals surface area contributed by atoms with E-state index in [1.54, 1.807) is 0 Å². The van der Waals surface area contributed by atoms with E-state index < -0.39 is 0 Å². The summed E-state index contributed by atoms with van der Waals surface area (Å²) in [5, 5.41) is 0. The van der Waals surface area contributed by atoms with E-state index in [0.29, 0.717) is 5.41 Å². The molecular formula is C16H27NS. The van der Waals surface area contributed by atoms with Crippen molar-refractivity contribution in [3.8, 4) is 0 Å². The zero-order chi connectivity index (χ0) is 13.8. The van der Waals surface area contributed by atoms with Gasteiger partial charge >= 0.3 is 0 Å². The van der Waals surface area contributed by atoms with Gasteiger partial charge in [0.15, 0.2) is 0 Å². The molecule has 2 heteroatoms. The lowest BCUT2D eigenvalue weighted by atomic mass is 9.83. The minimum absolute atomic E-state index is 0.329. The van der Waals surface area contributed by atoms with Gasteiger partial charge < -0.3 is 4.90 Å². The minimum Gasteiger partial charge on any atom is -0.374 e. The van der Waals surface area contributed by atoms with Crippen molar-refractivity contribution in [2.24, 2.45) is 5.41 Å². The van der Waals surface area contributed by atoms with Crippen molar-refractivity contribution in [3.05, 3.63) is 29.3 Å². The van der Waals surface area contributed by atoms with Gasteiger partial charge in [0.1, 0.15) is 0 Å². The van der Waals surface area contributed by atoms with Gasteiger partial charge in [-0.2, -0.15) is 12.6 Å². The van der Waals surface area contributed by atoms with Gasteiger partial charge in [-0.25, -0.2) is 0 Å². The van der Waals surface area contributed by atoms with Crippen LogP contribution < -0.4 is 4.90 Å². The highest BCUT2D eigenvalue weighted by Gasteiger charge is 2.26. The van der Waals surface area contributed by atoms with Crippen LogP contribution in [0.2, 0.25) is 0 Å². The number of rotatable bonds is 6. The molecule has 1 aromatic carbocycles. The van der Waals surface area contributed by atoms with Gasteiger partial charge in [-0.3, -0.25) is 0 Å². The van der Waals surface area contributed by atoms with E-state index >= 15 is 0 Å². The molecular weight excluding hydrogens is 238 g/mol. The summed E-state index contributed by atoms with van der Waals surface area (Å²) in [4.78, 5) is 2.39. The molecule has 0 aliphatic carbocycles. The van der Waals surface area contributed by atoms with Crippen LogP contribution >= 0.6 is 12.6 Å². The maximum atomic E-state index is 4.56. The van der Waals surface area contributed by atoms with Gasteiger partial charge in [0, 0.05) is 19.3 Å². The molecule has 0 spiro atoms. The van der Waals surface area contributed by atoms with E-state index in [1.807, 2.05) is 0 Å². The van der Waals surface area contributed by atoms with Crippen molar-refractivity contribution < 1.29 is 0 Å². The Balaban J connectivity index is 2.90. The number of hydrogen-bond donors (Lipinski definition) is 1. The van der Waals surface area contributed by atoms with Gasteiger partial charge in [0.05, 0.1) is 0 Å². The number of aryl methyl sites for hydroxylation is 2. The Morgan fingerprint density at radius 1 is 1.17 bits per heavy atom. The highest BCUT2D eigenvalue weighted by molar-refractivity contribution is 7.80. The first-order chi connectivity index (χ1) is 8.48. The Kier molecular flexibility index (Phi) is 5.58. The summed E-state index contributed by atoms with van der Waals surface area (Å²) in [7, 11) is 2.20. The van der Waals surface area contributed by atoms with Crippen LogP contribution in [0.25, 0.3) is 0 Å².